The Balaban J connectivity index is 2.14. The number of aliphatic hydroxyl groups is 5. The van der Waals surface area contributed by atoms with Gasteiger partial charge in [0.25, 0.3) is 0 Å². The molecule has 9 heteroatoms. The number of aliphatic hydroxyl groups excluding tert-OH is 5. The number of ether oxygens (including phenoxy) is 2. The Morgan fingerprint density at radius 3 is 1.25 bits per heavy atom. The second kappa shape index (κ2) is 52.3. The molecule has 9 nitrogen and oxygen atoms in total. The van der Waals surface area contributed by atoms with Crippen LogP contribution in [-0.2, 0) is 14.3 Å². The summed E-state index contributed by atoms with van der Waals surface area (Å²) in [7, 11) is 0. The summed E-state index contributed by atoms with van der Waals surface area (Å²) < 4.78 is 11.2. The van der Waals surface area contributed by atoms with E-state index in [9.17, 15) is 30.3 Å². The number of rotatable bonds is 52. The minimum Gasteiger partial charge on any atom is -0.394 e. The molecule has 0 bridgehead atoms. The number of hydrogen-bond donors (Lipinski definition) is 6. The van der Waals surface area contributed by atoms with E-state index in [0.717, 1.165) is 57.8 Å². The van der Waals surface area contributed by atoms with Crippen molar-refractivity contribution >= 4 is 5.91 Å². The normalized spacial score (nSPS) is 19.6. The van der Waals surface area contributed by atoms with Crippen molar-refractivity contribution in [3.63, 3.8) is 0 Å². The fourth-order valence-electron chi connectivity index (χ4n) is 9.46. The molecular formula is C63H115NO8. The van der Waals surface area contributed by atoms with Gasteiger partial charge < -0.3 is 40.3 Å². The monoisotopic (exact) mass is 1010 g/mol. The smallest absolute Gasteiger partial charge is 0.220 e. The van der Waals surface area contributed by atoms with E-state index >= 15 is 0 Å². The largest absolute Gasteiger partial charge is 0.394 e. The topological polar surface area (TPSA) is 149 Å². The van der Waals surface area contributed by atoms with E-state index in [1.54, 1.807) is 6.08 Å². The van der Waals surface area contributed by atoms with Gasteiger partial charge in [0.15, 0.2) is 6.29 Å². The van der Waals surface area contributed by atoms with Gasteiger partial charge in [0, 0.05) is 6.42 Å². The van der Waals surface area contributed by atoms with Gasteiger partial charge in [0.1, 0.15) is 24.4 Å². The van der Waals surface area contributed by atoms with E-state index in [1.807, 2.05) is 6.08 Å². The minimum absolute atomic E-state index is 0.188. The van der Waals surface area contributed by atoms with Gasteiger partial charge in [-0.25, -0.2) is 0 Å². The molecule has 0 aliphatic carbocycles. The summed E-state index contributed by atoms with van der Waals surface area (Å²) in [5, 5.41) is 54.5. The highest BCUT2D eigenvalue weighted by Gasteiger charge is 2.44. The highest BCUT2D eigenvalue weighted by atomic mass is 16.7. The van der Waals surface area contributed by atoms with E-state index in [4.69, 9.17) is 9.47 Å². The van der Waals surface area contributed by atoms with Crippen LogP contribution >= 0.6 is 0 Å². The van der Waals surface area contributed by atoms with E-state index in [0.29, 0.717) is 6.42 Å². The molecule has 420 valence electrons. The Kier molecular flexibility index (Phi) is 49.4. The first kappa shape index (κ1) is 67.9. The first-order chi connectivity index (χ1) is 35.3. The lowest BCUT2D eigenvalue weighted by Gasteiger charge is -2.40. The zero-order valence-corrected chi connectivity index (χ0v) is 46.7. The van der Waals surface area contributed by atoms with Crippen molar-refractivity contribution in [2.45, 2.75) is 320 Å². The van der Waals surface area contributed by atoms with Gasteiger partial charge in [-0.05, 0) is 77.0 Å². The maximum atomic E-state index is 13.1. The summed E-state index contributed by atoms with van der Waals surface area (Å²) in [4.78, 5) is 13.1. The molecule has 0 aromatic rings. The van der Waals surface area contributed by atoms with Gasteiger partial charge in [-0.1, -0.05) is 254 Å². The molecule has 1 rings (SSSR count). The van der Waals surface area contributed by atoms with Crippen LogP contribution in [0.1, 0.15) is 277 Å². The SMILES string of the molecule is CCCCCCC/C=C\C/C=C\CCCCCCCCCCCCCCCCCCCCCCCC(=O)NC(COC1OC(CO)C(O)C(O)C1O)C(O)/C=C/CC/C=C/CC/C=C/CCCCCCCC. The van der Waals surface area contributed by atoms with Crippen LogP contribution < -0.4 is 5.32 Å². The van der Waals surface area contributed by atoms with Crippen molar-refractivity contribution < 1.29 is 39.8 Å². The van der Waals surface area contributed by atoms with Crippen LogP contribution in [0.2, 0.25) is 0 Å². The van der Waals surface area contributed by atoms with Crippen molar-refractivity contribution in [1.29, 1.82) is 0 Å². The predicted molar refractivity (Wildman–Crippen MR) is 304 cm³/mol. The number of allylic oxidation sites excluding steroid dienone is 9. The van der Waals surface area contributed by atoms with Gasteiger partial charge >= 0.3 is 0 Å². The molecule has 6 N–H and O–H groups in total. The summed E-state index contributed by atoms with van der Waals surface area (Å²) in [5.41, 5.74) is 0. The maximum Gasteiger partial charge on any atom is 0.220 e. The molecule has 1 saturated heterocycles. The Morgan fingerprint density at radius 1 is 0.472 bits per heavy atom. The molecule has 1 aliphatic heterocycles. The fourth-order valence-corrected chi connectivity index (χ4v) is 9.46. The number of unbranched alkanes of at least 4 members (excludes halogenated alkanes) is 34. The Labute approximate surface area is 443 Å². The summed E-state index contributed by atoms with van der Waals surface area (Å²) in [6, 6.07) is -0.828. The average Bonchev–Trinajstić information content (AvgIpc) is 3.38. The fraction of sp³-hybridized carbons (Fsp3) is 0.825. The van der Waals surface area contributed by atoms with Gasteiger partial charge in [-0.15, -0.1) is 0 Å². The van der Waals surface area contributed by atoms with Crippen LogP contribution in [0.5, 0.6) is 0 Å². The van der Waals surface area contributed by atoms with Crippen molar-refractivity contribution in [1.82, 2.24) is 5.32 Å². The van der Waals surface area contributed by atoms with Crippen molar-refractivity contribution in [2.75, 3.05) is 13.2 Å². The number of carbonyl (C=O) groups is 1. The van der Waals surface area contributed by atoms with Crippen LogP contribution in [0.3, 0.4) is 0 Å². The van der Waals surface area contributed by atoms with Crippen molar-refractivity contribution in [3.8, 4) is 0 Å². The number of hydrogen-bond acceptors (Lipinski definition) is 8. The van der Waals surface area contributed by atoms with Crippen molar-refractivity contribution in [2.24, 2.45) is 0 Å². The summed E-state index contributed by atoms with van der Waals surface area (Å²) in [5.74, 6) is -0.188. The molecular weight excluding hydrogens is 899 g/mol. The van der Waals surface area contributed by atoms with Crippen LogP contribution in [0, 0.1) is 0 Å². The summed E-state index contributed by atoms with van der Waals surface area (Å²) in [6.45, 7) is 3.75. The van der Waals surface area contributed by atoms with Crippen LogP contribution in [0.15, 0.2) is 60.8 Å². The van der Waals surface area contributed by atoms with E-state index < -0.39 is 49.5 Å². The van der Waals surface area contributed by atoms with E-state index in [2.05, 4.69) is 67.8 Å². The van der Waals surface area contributed by atoms with Gasteiger partial charge in [-0.3, -0.25) is 4.79 Å². The number of carbonyl (C=O) groups excluding carboxylic acids is 1. The molecule has 72 heavy (non-hydrogen) atoms. The lowest BCUT2D eigenvalue weighted by molar-refractivity contribution is -0.302. The number of amides is 1. The molecule has 1 aliphatic rings. The zero-order valence-electron chi connectivity index (χ0n) is 46.7. The Morgan fingerprint density at radius 2 is 0.833 bits per heavy atom. The first-order valence-electron chi connectivity index (χ1n) is 30.5. The third-order valence-corrected chi connectivity index (χ3v) is 14.3. The molecule has 0 radical (unpaired) electrons. The number of nitrogens with one attached hydrogen (secondary N) is 1. The van der Waals surface area contributed by atoms with Crippen LogP contribution in [-0.4, -0.2) is 87.5 Å². The zero-order chi connectivity index (χ0) is 52.2. The third kappa shape index (κ3) is 41.2. The highest BCUT2D eigenvalue weighted by molar-refractivity contribution is 5.76. The lowest BCUT2D eigenvalue weighted by atomic mass is 9.99. The molecule has 0 aromatic heterocycles. The summed E-state index contributed by atoms with van der Waals surface area (Å²) in [6.07, 6.45) is 64.5. The second-order valence-corrected chi connectivity index (χ2v) is 21.1. The molecule has 7 atom stereocenters. The maximum absolute atomic E-state index is 13.1. The van der Waals surface area contributed by atoms with Crippen molar-refractivity contribution in [3.05, 3.63) is 60.8 Å². The average molecular weight is 1010 g/mol. The molecule has 1 heterocycles. The quantitative estimate of drug-likeness (QED) is 0.0261. The standard InChI is InChI=1S/C63H115NO8/c1-3-5-7-9-11-13-15-17-19-21-22-23-24-25-26-27-28-29-30-31-32-33-34-35-36-37-39-41-43-45-47-49-51-53-59(67)64-56(55-71-63-62(70)61(69)60(68)58(54-65)72-63)57(66)52-50-48-46-44-42-40-38-20-18-16-14-12-10-8-6-4-2/h15,17-18,20-22,42,44,50,52,56-58,60-63,65-66,68-70H,3-14,16,19,23-41,43,45-49,51,53-55H2,1-2H3,(H,64,67)/b17-15-,20-18+,22-21-,44-42+,52-50+. The molecule has 1 amide bonds. The van der Waals surface area contributed by atoms with Gasteiger partial charge in [0.05, 0.1) is 25.4 Å². The minimum atomic E-state index is -1.58. The molecule has 1 fully saturated rings. The Hall–Kier alpha value is -2.11. The molecule has 7 unspecified atom stereocenters. The molecule has 0 spiro atoms. The molecule has 0 aromatic carbocycles. The highest BCUT2D eigenvalue weighted by Crippen LogP contribution is 2.23. The lowest BCUT2D eigenvalue weighted by Crippen LogP contribution is -2.60. The van der Waals surface area contributed by atoms with Crippen LogP contribution in [0.25, 0.3) is 0 Å². The van der Waals surface area contributed by atoms with Crippen LogP contribution in [0.4, 0.5) is 0 Å². The van der Waals surface area contributed by atoms with Gasteiger partial charge in [-0.2, -0.15) is 0 Å². The van der Waals surface area contributed by atoms with E-state index in [1.165, 1.54) is 199 Å². The second-order valence-electron chi connectivity index (χ2n) is 21.1. The first-order valence-corrected chi connectivity index (χ1v) is 30.5. The molecule has 0 saturated carbocycles. The Bertz CT molecular complexity index is 1310. The van der Waals surface area contributed by atoms with Gasteiger partial charge in [0.2, 0.25) is 5.91 Å². The summed E-state index contributed by atoms with van der Waals surface area (Å²) >= 11 is 0. The third-order valence-electron chi connectivity index (χ3n) is 14.3. The predicted octanol–water partition coefficient (Wildman–Crippen LogP) is 15.5. The van der Waals surface area contributed by atoms with E-state index in [-0.39, 0.29) is 12.5 Å².